The third-order valence-corrected chi connectivity index (χ3v) is 5.89. The van der Waals surface area contributed by atoms with E-state index < -0.39 is 5.60 Å². The number of rotatable bonds is 3. The molecule has 1 aromatic rings. The molecule has 0 N–H and O–H groups in total. The van der Waals surface area contributed by atoms with Gasteiger partial charge in [-0.2, -0.15) is 0 Å². The molecule has 4 nitrogen and oxygen atoms in total. The highest BCUT2D eigenvalue weighted by Gasteiger charge is 2.61. The first-order chi connectivity index (χ1) is 11.6. The van der Waals surface area contributed by atoms with Gasteiger partial charge >= 0.3 is 0 Å². The average molecular weight is 328 g/mol. The van der Waals surface area contributed by atoms with Gasteiger partial charge in [0.25, 0.3) is 5.91 Å². The first-order valence-electron chi connectivity index (χ1n) is 9.41. The molecule has 0 aromatic heterocycles. The fourth-order valence-corrected chi connectivity index (χ4v) is 4.37. The quantitative estimate of drug-likeness (QED) is 0.855. The van der Waals surface area contributed by atoms with E-state index in [1.165, 1.54) is 5.56 Å². The standard InChI is InChI=1S/C20H28N2O2/c1-2-22-16-19(24-20(10-11-20)18(22)23)9-6-13-21(14-12-19)15-17-7-4-3-5-8-17/h3-5,7-8H,2,6,9-16H2,1H3/t19-/m1/s1. The van der Waals surface area contributed by atoms with E-state index in [9.17, 15) is 4.79 Å². The van der Waals surface area contributed by atoms with Crippen LogP contribution in [0.2, 0.25) is 0 Å². The Balaban J connectivity index is 1.45. The molecule has 1 atom stereocenters. The molecule has 2 spiro atoms. The van der Waals surface area contributed by atoms with Crippen LogP contribution < -0.4 is 0 Å². The molecule has 130 valence electrons. The maximum absolute atomic E-state index is 12.5. The SMILES string of the molecule is CCN1C[C@]2(CCCN(Cc3ccccc3)CC2)OC2(CC2)C1=O. The van der Waals surface area contributed by atoms with Gasteiger partial charge in [0.15, 0.2) is 0 Å². The Labute approximate surface area is 144 Å². The van der Waals surface area contributed by atoms with Gasteiger partial charge in [0, 0.05) is 26.2 Å². The van der Waals surface area contributed by atoms with E-state index in [1.807, 2.05) is 4.90 Å². The molecule has 0 bridgehead atoms. The fraction of sp³-hybridized carbons (Fsp3) is 0.650. The number of carbonyl (C=O) groups excluding carboxylic acids is 1. The third kappa shape index (κ3) is 2.98. The van der Waals surface area contributed by atoms with Gasteiger partial charge in [-0.1, -0.05) is 30.3 Å². The van der Waals surface area contributed by atoms with E-state index in [1.54, 1.807) is 0 Å². The Morgan fingerprint density at radius 3 is 2.58 bits per heavy atom. The fourth-order valence-electron chi connectivity index (χ4n) is 4.37. The van der Waals surface area contributed by atoms with Crippen LogP contribution in [0.3, 0.4) is 0 Å². The van der Waals surface area contributed by atoms with Crippen LogP contribution in [0.5, 0.6) is 0 Å². The number of carbonyl (C=O) groups is 1. The summed E-state index contributed by atoms with van der Waals surface area (Å²) in [4.78, 5) is 17.1. The van der Waals surface area contributed by atoms with Gasteiger partial charge in [-0.05, 0) is 51.1 Å². The molecule has 2 saturated heterocycles. The van der Waals surface area contributed by atoms with Gasteiger partial charge in [0.1, 0.15) is 5.60 Å². The van der Waals surface area contributed by atoms with E-state index in [-0.39, 0.29) is 11.5 Å². The molecule has 0 unspecified atom stereocenters. The molecule has 1 amide bonds. The summed E-state index contributed by atoms with van der Waals surface area (Å²) in [5, 5.41) is 0. The van der Waals surface area contributed by atoms with Crippen molar-refractivity contribution in [2.45, 2.75) is 56.8 Å². The second-order valence-electron chi connectivity index (χ2n) is 7.71. The zero-order chi connectivity index (χ0) is 16.6. The lowest BCUT2D eigenvalue weighted by atomic mass is 9.91. The predicted molar refractivity (Wildman–Crippen MR) is 93.6 cm³/mol. The van der Waals surface area contributed by atoms with Crippen molar-refractivity contribution in [3.05, 3.63) is 35.9 Å². The monoisotopic (exact) mass is 328 g/mol. The summed E-state index contributed by atoms with van der Waals surface area (Å²) in [6.45, 7) is 6.86. The van der Waals surface area contributed by atoms with Gasteiger partial charge in [-0.3, -0.25) is 9.69 Å². The highest BCUT2D eigenvalue weighted by molar-refractivity contribution is 5.89. The lowest BCUT2D eigenvalue weighted by Crippen LogP contribution is -2.60. The van der Waals surface area contributed by atoms with Crippen LogP contribution in [0.4, 0.5) is 0 Å². The van der Waals surface area contributed by atoms with E-state index in [2.05, 4.69) is 42.2 Å². The third-order valence-electron chi connectivity index (χ3n) is 5.89. The second kappa shape index (κ2) is 6.16. The number of amides is 1. The molecular weight excluding hydrogens is 300 g/mol. The molecule has 3 aliphatic rings. The smallest absolute Gasteiger partial charge is 0.254 e. The average Bonchev–Trinajstić information content (AvgIpc) is 3.39. The number of hydrogen-bond acceptors (Lipinski definition) is 3. The molecule has 1 saturated carbocycles. The molecule has 4 heteroatoms. The van der Waals surface area contributed by atoms with Crippen molar-refractivity contribution in [1.29, 1.82) is 0 Å². The summed E-state index contributed by atoms with van der Waals surface area (Å²) in [6, 6.07) is 10.7. The van der Waals surface area contributed by atoms with Gasteiger partial charge in [-0.25, -0.2) is 0 Å². The van der Waals surface area contributed by atoms with Gasteiger partial charge < -0.3 is 9.64 Å². The van der Waals surface area contributed by atoms with Crippen molar-refractivity contribution < 1.29 is 9.53 Å². The Morgan fingerprint density at radius 2 is 1.88 bits per heavy atom. The molecule has 2 heterocycles. The van der Waals surface area contributed by atoms with Crippen LogP contribution in [-0.4, -0.2) is 53.1 Å². The number of likely N-dealkylation sites (tertiary alicyclic amines) is 1. The molecule has 4 rings (SSSR count). The number of morpholine rings is 1. The van der Waals surface area contributed by atoms with E-state index >= 15 is 0 Å². The number of hydrogen-bond donors (Lipinski definition) is 0. The maximum Gasteiger partial charge on any atom is 0.254 e. The zero-order valence-electron chi connectivity index (χ0n) is 14.7. The van der Waals surface area contributed by atoms with Crippen molar-refractivity contribution in [3.63, 3.8) is 0 Å². The summed E-state index contributed by atoms with van der Waals surface area (Å²) in [5.41, 5.74) is 0.802. The lowest BCUT2D eigenvalue weighted by molar-refractivity contribution is -0.193. The normalized spacial score (nSPS) is 29.9. The number of ether oxygens (including phenoxy) is 1. The van der Waals surface area contributed by atoms with Crippen molar-refractivity contribution in [3.8, 4) is 0 Å². The minimum absolute atomic E-state index is 0.119. The van der Waals surface area contributed by atoms with Crippen molar-refractivity contribution >= 4 is 5.91 Å². The number of nitrogens with zero attached hydrogens (tertiary/aromatic N) is 2. The Bertz CT molecular complexity index is 599. The van der Waals surface area contributed by atoms with Crippen LogP contribution in [0.1, 0.15) is 44.6 Å². The van der Waals surface area contributed by atoms with Crippen molar-refractivity contribution in [2.75, 3.05) is 26.2 Å². The van der Waals surface area contributed by atoms with Crippen molar-refractivity contribution in [2.24, 2.45) is 0 Å². The van der Waals surface area contributed by atoms with Crippen molar-refractivity contribution in [1.82, 2.24) is 9.80 Å². The summed E-state index contributed by atoms with van der Waals surface area (Å²) >= 11 is 0. The highest BCUT2D eigenvalue weighted by atomic mass is 16.5. The first-order valence-corrected chi connectivity index (χ1v) is 9.41. The Hall–Kier alpha value is -1.39. The molecule has 0 radical (unpaired) electrons. The molecule has 2 aliphatic heterocycles. The highest BCUT2D eigenvalue weighted by Crippen LogP contribution is 2.49. The Kier molecular flexibility index (Phi) is 4.13. The van der Waals surface area contributed by atoms with Gasteiger partial charge in [0.05, 0.1) is 5.60 Å². The maximum atomic E-state index is 12.5. The summed E-state index contributed by atoms with van der Waals surface area (Å²) in [6.07, 6.45) is 5.08. The number of benzene rings is 1. The van der Waals surface area contributed by atoms with Crippen LogP contribution >= 0.6 is 0 Å². The summed E-state index contributed by atoms with van der Waals surface area (Å²) in [7, 11) is 0. The molecule has 1 aromatic carbocycles. The topological polar surface area (TPSA) is 32.8 Å². The summed E-state index contributed by atoms with van der Waals surface area (Å²) in [5.74, 6) is 0.237. The second-order valence-corrected chi connectivity index (χ2v) is 7.71. The number of likely N-dealkylation sites (N-methyl/N-ethyl adjacent to an activating group) is 1. The largest absolute Gasteiger partial charge is 0.357 e. The van der Waals surface area contributed by atoms with Crippen LogP contribution in [-0.2, 0) is 16.1 Å². The predicted octanol–water partition coefficient (Wildman–Crippen LogP) is 2.82. The van der Waals surface area contributed by atoms with Gasteiger partial charge in [0.2, 0.25) is 0 Å². The first kappa shape index (κ1) is 16.1. The zero-order valence-corrected chi connectivity index (χ0v) is 14.7. The molecule has 3 fully saturated rings. The van der Waals surface area contributed by atoms with Crippen LogP contribution in [0.15, 0.2) is 30.3 Å². The lowest BCUT2D eigenvalue weighted by Gasteiger charge is -2.46. The molecule has 1 aliphatic carbocycles. The van der Waals surface area contributed by atoms with E-state index in [4.69, 9.17) is 4.74 Å². The van der Waals surface area contributed by atoms with Gasteiger partial charge in [-0.15, -0.1) is 0 Å². The van der Waals surface area contributed by atoms with E-state index in [0.29, 0.717) is 0 Å². The Morgan fingerprint density at radius 1 is 1.08 bits per heavy atom. The minimum atomic E-state index is -0.455. The molecule has 24 heavy (non-hydrogen) atoms. The summed E-state index contributed by atoms with van der Waals surface area (Å²) < 4.78 is 6.52. The molecular formula is C20H28N2O2. The minimum Gasteiger partial charge on any atom is -0.357 e. The van der Waals surface area contributed by atoms with Crippen LogP contribution in [0.25, 0.3) is 0 Å². The van der Waals surface area contributed by atoms with E-state index in [0.717, 1.165) is 64.8 Å². The van der Waals surface area contributed by atoms with Crippen LogP contribution in [0, 0.1) is 0 Å².